The van der Waals surface area contributed by atoms with E-state index < -0.39 is 18.6 Å². The molecule has 0 atom stereocenters. The van der Waals surface area contributed by atoms with E-state index in [0.29, 0.717) is 44.2 Å². The number of carbonyl (C=O) groups excluding carboxylic acids is 2. The molecule has 1 fully saturated rings. The fraction of sp³-hybridized carbons (Fsp3) is 0.267. The molecule has 3 aromatic carbocycles. The van der Waals surface area contributed by atoms with Crippen LogP contribution in [0.5, 0.6) is 5.75 Å². The average Bonchev–Trinajstić information content (AvgIpc) is 2.99. The van der Waals surface area contributed by atoms with E-state index in [1.165, 1.54) is 6.07 Å². The summed E-state index contributed by atoms with van der Waals surface area (Å²) in [5.74, 6) is 0.250. The summed E-state index contributed by atoms with van der Waals surface area (Å²) in [6.07, 6.45) is -4.51. The number of nitrogens with one attached hydrogen (secondary N) is 1. The number of carbonyl (C=O) groups is 2. The van der Waals surface area contributed by atoms with Crippen LogP contribution >= 0.6 is 0 Å². The summed E-state index contributed by atoms with van der Waals surface area (Å²) < 4.78 is 42.7. The number of rotatable bonds is 7. The third-order valence-corrected chi connectivity index (χ3v) is 6.83. The highest BCUT2D eigenvalue weighted by atomic mass is 19.4. The molecule has 11 heteroatoms. The minimum atomic E-state index is -4.51. The van der Waals surface area contributed by atoms with Gasteiger partial charge in [-0.05, 0) is 59.2 Å². The van der Waals surface area contributed by atoms with Crippen LogP contribution in [-0.2, 0) is 0 Å². The van der Waals surface area contributed by atoms with Crippen molar-refractivity contribution in [1.29, 1.82) is 0 Å². The first kappa shape index (κ1) is 27.9. The molecule has 0 radical (unpaired) electrons. The molecule has 1 aliphatic heterocycles. The van der Waals surface area contributed by atoms with Gasteiger partial charge in [0.2, 0.25) is 0 Å². The van der Waals surface area contributed by atoms with Gasteiger partial charge in [0.1, 0.15) is 12.3 Å². The number of amides is 2. The van der Waals surface area contributed by atoms with Crippen molar-refractivity contribution in [2.24, 2.45) is 0 Å². The van der Waals surface area contributed by atoms with E-state index in [9.17, 15) is 22.8 Å². The number of piperazine rings is 1. The van der Waals surface area contributed by atoms with Crippen molar-refractivity contribution < 1.29 is 27.5 Å². The topological polar surface area (TPSA) is 87.7 Å². The summed E-state index contributed by atoms with van der Waals surface area (Å²) in [4.78, 5) is 29.2. The second-order valence-electron chi connectivity index (χ2n) is 9.52. The monoisotopic (exact) mass is 563 g/mol. The number of alkyl halides is 3. The lowest BCUT2D eigenvalue weighted by Gasteiger charge is -2.35. The van der Waals surface area contributed by atoms with Gasteiger partial charge in [0.25, 0.3) is 11.8 Å². The summed E-state index contributed by atoms with van der Waals surface area (Å²) in [7, 11) is 0. The summed E-state index contributed by atoms with van der Waals surface area (Å²) in [5.41, 5.74) is 2.43. The van der Waals surface area contributed by atoms with Gasteiger partial charge in [0.05, 0.1) is 6.61 Å². The number of hydrogen-bond donors (Lipinski definition) is 1. The minimum absolute atomic E-state index is 0.0711. The van der Waals surface area contributed by atoms with E-state index in [2.05, 4.69) is 10.2 Å². The molecule has 4 aromatic rings. The normalized spacial score (nSPS) is 13.8. The van der Waals surface area contributed by atoms with E-state index in [0.717, 1.165) is 27.6 Å². The standard InChI is InChI=1S/C30H28F3N5O3/c1-2-41-21-7-5-6-20(18-21)22-10-11-25(24-9-4-3-8-23(22)24)29(40)38-16-14-37(15-17-38)27-13-12-26(35-36-27)28(39)34-19-30(31,32)33/h3-13,18H,2,14-17,19H2,1H3,(H,34,39). The molecule has 1 saturated heterocycles. The third kappa shape index (κ3) is 6.40. The van der Waals surface area contributed by atoms with Gasteiger partial charge < -0.3 is 19.9 Å². The number of halogens is 3. The van der Waals surface area contributed by atoms with E-state index in [1.54, 1.807) is 16.3 Å². The third-order valence-electron chi connectivity index (χ3n) is 6.83. The zero-order valence-corrected chi connectivity index (χ0v) is 22.3. The molecule has 5 rings (SSSR count). The van der Waals surface area contributed by atoms with Crippen molar-refractivity contribution >= 4 is 28.4 Å². The largest absolute Gasteiger partial charge is 0.494 e. The lowest BCUT2D eigenvalue weighted by Crippen LogP contribution is -2.49. The molecular formula is C30H28F3N5O3. The first-order chi connectivity index (χ1) is 19.7. The predicted octanol–water partition coefficient (Wildman–Crippen LogP) is 4.95. The number of fused-ring (bicyclic) bond motifs is 1. The first-order valence-corrected chi connectivity index (χ1v) is 13.2. The van der Waals surface area contributed by atoms with Crippen LogP contribution in [0, 0.1) is 0 Å². The van der Waals surface area contributed by atoms with Crippen LogP contribution in [-0.4, -0.2) is 72.4 Å². The van der Waals surface area contributed by atoms with Gasteiger partial charge in [-0.15, -0.1) is 10.2 Å². The minimum Gasteiger partial charge on any atom is -0.494 e. The van der Waals surface area contributed by atoms with Crippen molar-refractivity contribution in [1.82, 2.24) is 20.4 Å². The number of ether oxygens (including phenoxy) is 1. The summed E-state index contributed by atoms with van der Waals surface area (Å²) >= 11 is 0. The first-order valence-electron chi connectivity index (χ1n) is 13.2. The number of nitrogens with zero attached hydrogens (tertiary/aromatic N) is 4. The average molecular weight is 564 g/mol. The van der Waals surface area contributed by atoms with Gasteiger partial charge in [-0.3, -0.25) is 9.59 Å². The van der Waals surface area contributed by atoms with E-state index in [-0.39, 0.29) is 11.6 Å². The lowest BCUT2D eigenvalue weighted by atomic mass is 9.94. The second kappa shape index (κ2) is 11.8. The molecule has 8 nitrogen and oxygen atoms in total. The Morgan fingerprint density at radius 1 is 0.902 bits per heavy atom. The number of anilines is 1. The zero-order chi connectivity index (χ0) is 29.0. The number of aromatic nitrogens is 2. The molecule has 1 aliphatic rings. The predicted molar refractivity (Wildman–Crippen MR) is 149 cm³/mol. The molecular weight excluding hydrogens is 535 g/mol. The quantitative estimate of drug-likeness (QED) is 0.343. The number of benzene rings is 3. The Balaban J connectivity index is 1.27. The molecule has 2 amide bonds. The Bertz CT molecular complexity index is 1550. The van der Waals surface area contributed by atoms with Crippen LogP contribution in [0.2, 0.25) is 0 Å². The van der Waals surface area contributed by atoms with Crippen LogP contribution in [0.15, 0.2) is 72.8 Å². The Labute approximate surface area is 234 Å². The van der Waals surface area contributed by atoms with Gasteiger partial charge in [-0.2, -0.15) is 13.2 Å². The fourth-order valence-corrected chi connectivity index (χ4v) is 4.85. The van der Waals surface area contributed by atoms with E-state index in [1.807, 2.05) is 72.5 Å². The SMILES string of the molecule is CCOc1cccc(-c2ccc(C(=O)N3CCN(c4ccc(C(=O)NCC(F)(F)F)nn4)CC3)c3ccccc23)c1. The van der Waals surface area contributed by atoms with Crippen LogP contribution in [0.3, 0.4) is 0 Å². The van der Waals surface area contributed by atoms with Gasteiger partial charge >= 0.3 is 6.18 Å². The highest BCUT2D eigenvalue weighted by Crippen LogP contribution is 2.33. The van der Waals surface area contributed by atoms with Gasteiger partial charge in [-0.25, -0.2) is 0 Å². The smallest absolute Gasteiger partial charge is 0.405 e. The van der Waals surface area contributed by atoms with Crippen molar-refractivity contribution in [2.75, 3.05) is 44.2 Å². The Kier molecular flexibility index (Phi) is 8.04. The maximum atomic E-state index is 13.6. The Morgan fingerprint density at radius 3 is 2.34 bits per heavy atom. The molecule has 1 aromatic heterocycles. The molecule has 1 N–H and O–H groups in total. The van der Waals surface area contributed by atoms with Crippen LogP contribution in [0.25, 0.3) is 21.9 Å². The maximum absolute atomic E-state index is 13.6. The van der Waals surface area contributed by atoms with E-state index >= 15 is 0 Å². The Morgan fingerprint density at radius 2 is 1.66 bits per heavy atom. The maximum Gasteiger partial charge on any atom is 0.405 e. The van der Waals surface area contributed by atoms with Gasteiger partial charge in [0.15, 0.2) is 11.5 Å². The molecule has 41 heavy (non-hydrogen) atoms. The lowest BCUT2D eigenvalue weighted by molar-refractivity contribution is -0.123. The van der Waals surface area contributed by atoms with Gasteiger partial charge in [0, 0.05) is 31.7 Å². The molecule has 0 bridgehead atoms. The van der Waals surface area contributed by atoms with E-state index in [4.69, 9.17) is 4.74 Å². The van der Waals surface area contributed by atoms with Crippen molar-refractivity contribution in [2.45, 2.75) is 13.1 Å². The summed E-state index contributed by atoms with van der Waals surface area (Å²) in [5, 5.41) is 11.4. The van der Waals surface area contributed by atoms with Crippen LogP contribution in [0.1, 0.15) is 27.8 Å². The highest BCUT2D eigenvalue weighted by molar-refractivity contribution is 6.11. The van der Waals surface area contributed by atoms with Crippen LogP contribution < -0.4 is 15.0 Å². The van der Waals surface area contributed by atoms with Crippen molar-refractivity contribution in [3.05, 3.63) is 84.1 Å². The van der Waals surface area contributed by atoms with Crippen molar-refractivity contribution in [3.8, 4) is 16.9 Å². The Hall–Kier alpha value is -4.67. The second-order valence-corrected chi connectivity index (χ2v) is 9.52. The highest BCUT2D eigenvalue weighted by Gasteiger charge is 2.29. The summed E-state index contributed by atoms with van der Waals surface area (Å²) in [6.45, 7) is 2.94. The zero-order valence-electron chi connectivity index (χ0n) is 22.3. The summed E-state index contributed by atoms with van der Waals surface area (Å²) in [6, 6.07) is 22.5. The molecule has 2 heterocycles. The molecule has 0 unspecified atom stereocenters. The molecule has 0 saturated carbocycles. The molecule has 212 valence electrons. The molecule has 0 aliphatic carbocycles. The molecule has 0 spiro atoms. The van der Waals surface area contributed by atoms with Gasteiger partial charge in [-0.1, -0.05) is 42.5 Å². The van der Waals surface area contributed by atoms with Crippen molar-refractivity contribution in [3.63, 3.8) is 0 Å². The van der Waals surface area contributed by atoms with Crippen LogP contribution in [0.4, 0.5) is 19.0 Å². The number of hydrogen-bond acceptors (Lipinski definition) is 6. The fourth-order valence-electron chi connectivity index (χ4n) is 4.85.